The number of rotatable bonds is 3. The molecule has 2 saturated heterocycles. The molecule has 32 heavy (non-hydrogen) atoms. The van der Waals surface area contributed by atoms with Gasteiger partial charge in [-0.05, 0) is 55.8 Å². The number of amides is 1. The Kier molecular flexibility index (Phi) is 6.13. The van der Waals surface area contributed by atoms with E-state index < -0.39 is 17.2 Å². The number of anilines is 1. The number of nitrogens with zero attached hydrogens (tertiary/aromatic N) is 4. The lowest BCUT2D eigenvalue weighted by molar-refractivity contribution is 0.00954. The van der Waals surface area contributed by atoms with Crippen molar-refractivity contribution >= 4 is 50.5 Å². The van der Waals surface area contributed by atoms with Crippen LogP contribution in [0.4, 0.5) is 19.4 Å². The number of hydrogen-bond acceptors (Lipinski definition) is 6. The second kappa shape index (κ2) is 8.44. The molecule has 0 radical (unpaired) electrons. The normalized spacial score (nSPS) is 23.0. The van der Waals surface area contributed by atoms with Crippen molar-refractivity contribution < 1.29 is 18.3 Å². The molecule has 1 amide bonds. The molecular weight excluding hydrogens is 502 g/mol. The minimum absolute atomic E-state index is 0.0531. The third-order valence-electron chi connectivity index (χ3n) is 5.79. The fourth-order valence-corrected chi connectivity index (χ4v) is 5.40. The SMILES string of the molecule is C=CC1[C@@H]2CC[C@H](CN1c1nc(SC)nc3c(F)cc(F)c(Br)c13)N2C(=O)OC(C)(C)C. The van der Waals surface area contributed by atoms with Crippen molar-refractivity contribution in [1.82, 2.24) is 14.9 Å². The third-order valence-corrected chi connectivity index (χ3v) is 7.11. The zero-order chi connectivity index (χ0) is 23.4. The second-order valence-corrected chi connectivity index (χ2v) is 10.5. The zero-order valence-corrected chi connectivity index (χ0v) is 20.8. The molecule has 172 valence electrons. The van der Waals surface area contributed by atoms with E-state index in [2.05, 4.69) is 32.5 Å². The number of halogens is 3. The van der Waals surface area contributed by atoms with Crippen LogP contribution in [-0.4, -0.2) is 57.5 Å². The lowest BCUT2D eigenvalue weighted by Crippen LogP contribution is -2.61. The maximum Gasteiger partial charge on any atom is 0.410 e. The molecule has 6 nitrogen and oxygen atoms in total. The Labute approximate surface area is 198 Å². The summed E-state index contributed by atoms with van der Waals surface area (Å²) in [4.78, 5) is 25.7. The van der Waals surface area contributed by atoms with Gasteiger partial charge in [-0.3, -0.25) is 4.90 Å². The summed E-state index contributed by atoms with van der Waals surface area (Å²) in [6.07, 6.45) is 4.79. The number of benzene rings is 1. The average Bonchev–Trinajstić information content (AvgIpc) is 3.04. The van der Waals surface area contributed by atoms with Gasteiger partial charge in [-0.25, -0.2) is 23.5 Å². The number of aromatic nitrogens is 2. The number of hydrogen-bond donors (Lipinski definition) is 0. The van der Waals surface area contributed by atoms with E-state index in [4.69, 9.17) is 4.74 Å². The molecule has 0 aliphatic carbocycles. The number of carbonyl (C=O) groups excluding carboxylic acids is 1. The summed E-state index contributed by atoms with van der Waals surface area (Å²) in [6, 6.07) is 0.238. The van der Waals surface area contributed by atoms with Gasteiger partial charge in [0.1, 0.15) is 22.8 Å². The van der Waals surface area contributed by atoms with Gasteiger partial charge in [0.2, 0.25) is 0 Å². The highest BCUT2D eigenvalue weighted by Gasteiger charge is 2.49. The Morgan fingerprint density at radius 1 is 1.31 bits per heavy atom. The van der Waals surface area contributed by atoms with Crippen LogP contribution in [0.25, 0.3) is 10.9 Å². The highest BCUT2D eigenvalue weighted by Crippen LogP contribution is 2.42. The van der Waals surface area contributed by atoms with Gasteiger partial charge in [0, 0.05) is 12.6 Å². The highest BCUT2D eigenvalue weighted by molar-refractivity contribution is 9.10. The molecule has 1 aromatic carbocycles. The highest BCUT2D eigenvalue weighted by atomic mass is 79.9. The number of ether oxygens (including phenoxy) is 1. The van der Waals surface area contributed by atoms with Crippen molar-refractivity contribution in [3.05, 3.63) is 34.8 Å². The molecule has 0 N–H and O–H groups in total. The van der Waals surface area contributed by atoms with Crippen molar-refractivity contribution in [2.75, 3.05) is 17.7 Å². The summed E-state index contributed by atoms with van der Waals surface area (Å²) in [5.74, 6) is -1.04. The maximum atomic E-state index is 14.7. The van der Waals surface area contributed by atoms with Gasteiger partial charge in [-0.15, -0.1) is 6.58 Å². The van der Waals surface area contributed by atoms with E-state index >= 15 is 0 Å². The van der Waals surface area contributed by atoms with E-state index in [9.17, 15) is 13.6 Å². The van der Waals surface area contributed by atoms with Gasteiger partial charge in [-0.1, -0.05) is 17.8 Å². The first kappa shape index (κ1) is 23.2. The van der Waals surface area contributed by atoms with Crippen molar-refractivity contribution in [2.45, 2.75) is 62.5 Å². The molecular formula is C22H25BrF2N4O2S. The molecule has 3 heterocycles. The molecule has 2 bridgehead atoms. The minimum Gasteiger partial charge on any atom is -0.444 e. The molecule has 2 aliphatic rings. The van der Waals surface area contributed by atoms with E-state index in [0.29, 0.717) is 17.5 Å². The van der Waals surface area contributed by atoms with E-state index in [1.807, 2.05) is 25.7 Å². The molecule has 10 heteroatoms. The van der Waals surface area contributed by atoms with Crippen LogP contribution >= 0.6 is 27.7 Å². The summed E-state index contributed by atoms with van der Waals surface area (Å²) >= 11 is 4.55. The third kappa shape index (κ3) is 3.96. The Balaban J connectivity index is 1.82. The first-order chi connectivity index (χ1) is 15.1. The molecule has 0 saturated carbocycles. The van der Waals surface area contributed by atoms with Crippen LogP contribution in [0.5, 0.6) is 0 Å². The van der Waals surface area contributed by atoms with Crippen molar-refractivity contribution in [3.8, 4) is 0 Å². The van der Waals surface area contributed by atoms with E-state index in [1.54, 1.807) is 17.2 Å². The van der Waals surface area contributed by atoms with Gasteiger partial charge in [0.15, 0.2) is 11.0 Å². The van der Waals surface area contributed by atoms with Crippen molar-refractivity contribution in [3.63, 3.8) is 0 Å². The Morgan fingerprint density at radius 2 is 2.03 bits per heavy atom. The smallest absolute Gasteiger partial charge is 0.410 e. The fraction of sp³-hybridized carbons (Fsp3) is 0.500. The predicted octanol–water partition coefficient (Wildman–Crippen LogP) is 5.54. The van der Waals surface area contributed by atoms with Gasteiger partial charge in [0.25, 0.3) is 0 Å². The quantitative estimate of drug-likeness (QED) is 0.226. The van der Waals surface area contributed by atoms with Gasteiger partial charge in [-0.2, -0.15) is 0 Å². The average molecular weight is 527 g/mol. The summed E-state index contributed by atoms with van der Waals surface area (Å²) in [5.41, 5.74) is -0.551. The lowest BCUT2D eigenvalue weighted by atomic mass is 10.0. The number of piperazine rings is 1. The number of carbonyl (C=O) groups is 1. The minimum atomic E-state index is -0.745. The molecule has 2 aliphatic heterocycles. The summed E-state index contributed by atoms with van der Waals surface area (Å²) in [5, 5.41) is 0.659. The van der Waals surface area contributed by atoms with Gasteiger partial charge < -0.3 is 9.64 Å². The topological polar surface area (TPSA) is 58.6 Å². The fourth-order valence-electron chi connectivity index (χ4n) is 4.56. The van der Waals surface area contributed by atoms with Crippen LogP contribution in [0.3, 0.4) is 0 Å². The Hall–Kier alpha value is -1.94. The molecule has 0 spiro atoms. The molecule has 1 aromatic heterocycles. The van der Waals surface area contributed by atoms with Crippen molar-refractivity contribution in [1.29, 1.82) is 0 Å². The summed E-state index contributed by atoms with van der Waals surface area (Å²) in [6.45, 7) is 9.95. The van der Waals surface area contributed by atoms with Gasteiger partial charge >= 0.3 is 6.09 Å². The van der Waals surface area contributed by atoms with E-state index in [0.717, 1.165) is 18.9 Å². The standard InChI is InChI=1S/C22H25BrF2N4O2S/c1-6-14-15-8-7-11(29(15)21(30)31-22(2,3)4)10-28(14)19-16-17(23)12(24)9-13(25)18(16)26-20(27-19)32-5/h6,9,11,14-15H,1,7-8,10H2,2-5H3/t11-,14?,15+/m1/s1. The van der Waals surface area contributed by atoms with Crippen LogP contribution in [-0.2, 0) is 4.74 Å². The predicted molar refractivity (Wildman–Crippen MR) is 125 cm³/mol. The largest absolute Gasteiger partial charge is 0.444 e. The maximum absolute atomic E-state index is 14.7. The lowest BCUT2D eigenvalue weighted by Gasteiger charge is -2.46. The van der Waals surface area contributed by atoms with Crippen LogP contribution in [0, 0.1) is 11.6 Å². The van der Waals surface area contributed by atoms with Gasteiger partial charge in [0.05, 0.1) is 28.0 Å². The molecule has 1 unspecified atom stereocenters. The van der Waals surface area contributed by atoms with Crippen molar-refractivity contribution in [2.24, 2.45) is 0 Å². The summed E-state index contributed by atoms with van der Waals surface area (Å²) < 4.78 is 34.9. The first-order valence-electron chi connectivity index (χ1n) is 10.4. The monoisotopic (exact) mass is 526 g/mol. The molecule has 2 aromatic rings. The van der Waals surface area contributed by atoms with Crippen LogP contribution in [0.15, 0.2) is 28.4 Å². The zero-order valence-electron chi connectivity index (χ0n) is 18.4. The molecule has 3 atom stereocenters. The molecule has 2 fully saturated rings. The number of thioether (sulfide) groups is 1. The first-order valence-corrected chi connectivity index (χ1v) is 12.4. The molecule has 4 rings (SSSR count). The van der Waals surface area contributed by atoms with Crippen LogP contribution in [0.2, 0.25) is 0 Å². The Bertz CT molecular complexity index is 1090. The number of fused-ring (bicyclic) bond motifs is 3. The van der Waals surface area contributed by atoms with E-state index in [-0.39, 0.29) is 39.6 Å². The van der Waals surface area contributed by atoms with Crippen LogP contribution < -0.4 is 4.90 Å². The van der Waals surface area contributed by atoms with Crippen LogP contribution in [0.1, 0.15) is 33.6 Å². The van der Waals surface area contributed by atoms with E-state index in [1.165, 1.54) is 11.8 Å². The Morgan fingerprint density at radius 3 is 2.66 bits per heavy atom. The summed E-state index contributed by atoms with van der Waals surface area (Å²) in [7, 11) is 0. The second-order valence-electron chi connectivity index (χ2n) is 8.98.